The zero-order valence-electron chi connectivity index (χ0n) is 15.6. The summed E-state index contributed by atoms with van der Waals surface area (Å²) in [6.07, 6.45) is 0. The largest absolute Gasteiger partial charge is 0.323 e. The van der Waals surface area contributed by atoms with Crippen molar-refractivity contribution < 1.29 is 4.79 Å². The van der Waals surface area contributed by atoms with Crippen molar-refractivity contribution >= 4 is 17.4 Å². The van der Waals surface area contributed by atoms with Gasteiger partial charge in [-0.15, -0.1) is 0 Å². The van der Waals surface area contributed by atoms with E-state index in [1.165, 1.54) is 11.1 Å². The summed E-state index contributed by atoms with van der Waals surface area (Å²) in [7, 11) is 0. The molecule has 0 fully saturated rings. The first-order valence-corrected chi connectivity index (χ1v) is 8.66. The maximum absolute atomic E-state index is 12.3. The average Bonchev–Trinajstić information content (AvgIpc) is 2.84. The van der Waals surface area contributed by atoms with E-state index in [9.17, 15) is 4.79 Å². The van der Waals surface area contributed by atoms with Gasteiger partial charge in [0, 0.05) is 5.69 Å². The van der Waals surface area contributed by atoms with Crippen LogP contribution < -0.4 is 10.6 Å². The number of rotatable bonds is 4. The molecule has 1 aromatic heterocycles. The Morgan fingerprint density at radius 2 is 1.69 bits per heavy atom. The highest BCUT2D eigenvalue weighted by atomic mass is 16.2. The van der Waals surface area contributed by atoms with Gasteiger partial charge >= 0.3 is 6.03 Å². The lowest BCUT2D eigenvalue weighted by Crippen LogP contribution is -2.20. The van der Waals surface area contributed by atoms with Gasteiger partial charge in [-0.2, -0.15) is 5.10 Å². The van der Waals surface area contributed by atoms with Crippen molar-refractivity contribution in [2.45, 2.75) is 34.2 Å². The number of aromatic nitrogens is 2. The van der Waals surface area contributed by atoms with Crippen LogP contribution in [0, 0.1) is 27.7 Å². The monoisotopic (exact) mass is 348 g/mol. The normalized spacial score (nSPS) is 10.6. The first kappa shape index (κ1) is 17.7. The van der Waals surface area contributed by atoms with Gasteiger partial charge in [-0.05, 0) is 45.4 Å². The molecule has 0 aliphatic rings. The molecule has 3 rings (SSSR count). The minimum atomic E-state index is -0.268. The van der Waals surface area contributed by atoms with E-state index in [0.717, 1.165) is 28.3 Å². The minimum absolute atomic E-state index is 0.268. The Labute approximate surface area is 154 Å². The fourth-order valence-electron chi connectivity index (χ4n) is 2.93. The van der Waals surface area contributed by atoms with Gasteiger partial charge in [0.1, 0.15) is 0 Å². The maximum Gasteiger partial charge on any atom is 0.323 e. The van der Waals surface area contributed by atoms with Gasteiger partial charge in [-0.25, -0.2) is 4.79 Å². The summed E-state index contributed by atoms with van der Waals surface area (Å²) in [4.78, 5) is 12.3. The quantitative estimate of drug-likeness (QED) is 0.711. The fraction of sp³-hybridized carbons (Fsp3) is 0.238. The van der Waals surface area contributed by atoms with Crippen molar-refractivity contribution in [1.82, 2.24) is 9.78 Å². The highest BCUT2D eigenvalue weighted by molar-refractivity contribution is 6.00. The molecule has 0 saturated carbocycles. The Kier molecular flexibility index (Phi) is 5.07. The summed E-state index contributed by atoms with van der Waals surface area (Å²) in [5.41, 5.74) is 6.81. The first-order chi connectivity index (χ1) is 12.4. The molecule has 5 heteroatoms. The minimum Gasteiger partial charge on any atom is -0.308 e. The first-order valence-electron chi connectivity index (χ1n) is 8.66. The fourth-order valence-corrected chi connectivity index (χ4v) is 2.93. The van der Waals surface area contributed by atoms with Gasteiger partial charge < -0.3 is 10.6 Å². The molecule has 1 heterocycles. The third-order valence-corrected chi connectivity index (χ3v) is 4.34. The highest BCUT2D eigenvalue weighted by Crippen LogP contribution is 2.21. The van der Waals surface area contributed by atoms with Crippen LogP contribution in [0.15, 0.2) is 48.5 Å². The number of hydrogen-bond donors (Lipinski definition) is 2. The van der Waals surface area contributed by atoms with Gasteiger partial charge in [-0.1, -0.05) is 47.5 Å². The number of carbonyl (C=O) groups excluding carboxylic acids is 1. The van der Waals surface area contributed by atoms with Gasteiger partial charge in [0.15, 0.2) is 0 Å². The highest BCUT2D eigenvalue weighted by Gasteiger charge is 2.14. The molecule has 0 spiro atoms. The topological polar surface area (TPSA) is 59.0 Å². The van der Waals surface area contributed by atoms with Crippen LogP contribution >= 0.6 is 0 Å². The van der Waals surface area contributed by atoms with Crippen molar-refractivity contribution in [3.8, 4) is 0 Å². The van der Waals surface area contributed by atoms with Crippen LogP contribution in [0.3, 0.4) is 0 Å². The molecule has 134 valence electrons. The van der Waals surface area contributed by atoms with Crippen molar-refractivity contribution in [1.29, 1.82) is 0 Å². The molecule has 0 radical (unpaired) electrons. The molecule has 0 aliphatic heterocycles. The van der Waals surface area contributed by atoms with Gasteiger partial charge in [0.2, 0.25) is 0 Å². The van der Waals surface area contributed by atoms with Crippen LogP contribution in [-0.2, 0) is 6.54 Å². The number of amides is 2. The van der Waals surface area contributed by atoms with Crippen molar-refractivity contribution in [3.63, 3.8) is 0 Å². The Morgan fingerprint density at radius 1 is 0.962 bits per heavy atom. The van der Waals surface area contributed by atoms with Crippen LogP contribution in [0.4, 0.5) is 16.2 Å². The number of anilines is 2. The summed E-state index contributed by atoms with van der Waals surface area (Å²) >= 11 is 0. The molecule has 2 aromatic carbocycles. The number of carbonyl (C=O) groups is 1. The third-order valence-electron chi connectivity index (χ3n) is 4.34. The molecule has 0 atom stereocenters. The van der Waals surface area contributed by atoms with Gasteiger partial charge in [0.25, 0.3) is 0 Å². The smallest absolute Gasteiger partial charge is 0.308 e. The summed E-state index contributed by atoms with van der Waals surface area (Å²) < 4.78 is 1.92. The SMILES string of the molecule is Cc1ccc(NC(=O)Nc2c(C)nn(Cc3cccc(C)c3)c2C)cc1. The van der Waals surface area contributed by atoms with E-state index in [2.05, 4.69) is 40.9 Å². The average molecular weight is 348 g/mol. The van der Waals surface area contributed by atoms with Gasteiger partial charge in [0.05, 0.1) is 23.6 Å². The molecular formula is C21H24N4O. The predicted octanol–water partition coefficient (Wildman–Crippen LogP) is 4.81. The van der Waals surface area contributed by atoms with E-state index in [1.54, 1.807) is 0 Å². The lowest BCUT2D eigenvalue weighted by atomic mass is 10.1. The standard InChI is InChI=1S/C21H24N4O/c1-14-8-10-19(11-9-14)22-21(26)23-20-16(3)24-25(17(20)4)13-18-7-5-6-15(2)12-18/h5-12H,13H2,1-4H3,(H2,22,23,26). The molecule has 0 saturated heterocycles. The summed E-state index contributed by atoms with van der Waals surface area (Å²) in [5.74, 6) is 0. The Morgan fingerprint density at radius 3 is 2.38 bits per heavy atom. The maximum atomic E-state index is 12.3. The lowest BCUT2D eigenvalue weighted by molar-refractivity contribution is 0.262. The van der Waals surface area contributed by atoms with Crippen LogP contribution in [0.2, 0.25) is 0 Å². The molecule has 26 heavy (non-hydrogen) atoms. The summed E-state index contributed by atoms with van der Waals surface area (Å²) in [6.45, 7) is 8.64. The Hall–Kier alpha value is -3.08. The summed E-state index contributed by atoms with van der Waals surface area (Å²) in [5, 5.41) is 10.4. The molecule has 3 aromatic rings. The second-order valence-electron chi connectivity index (χ2n) is 6.64. The number of aryl methyl sites for hydroxylation is 3. The number of urea groups is 1. The van der Waals surface area contributed by atoms with Gasteiger partial charge in [-0.3, -0.25) is 4.68 Å². The zero-order valence-corrected chi connectivity index (χ0v) is 15.6. The van der Waals surface area contributed by atoms with E-state index >= 15 is 0 Å². The van der Waals surface area contributed by atoms with E-state index in [-0.39, 0.29) is 6.03 Å². The predicted molar refractivity (Wildman–Crippen MR) is 106 cm³/mol. The van der Waals surface area contributed by atoms with Crippen LogP contribution in [-0.4, -0.2) is 15.8 Å². The van der Waals surface area contributed by atoms with E-state index in [0.29, 0.717) is 6.54 Å². The molecule has 0 unspecified atom stereocenters. The van der Waals surface area contributed by atoms with E-state index in [4.69, 9.17) is 0 Å². The van der Waals surface area contributed by atoms with Crippen LogP contribution in [0.5, 0.6) is 0 Å². The second-order valence-corrected chi connectivity index (χ2v) is 6.64. The number of hydrogen-bond acceptors (Lipinski definition) is 2. The number of nitrogens with zero attached hydrogens (tertiary/aromatic N) is 2. The second kappa shape index (κ2) is 7.44. The van der Waals surface area contributed by atoms with E-state index in [1.807, 2.05) is 55.8 Å². The Bertz CT molecular complexity index is 926. The third kappa shape index (κ3) is 4.11. The lowest BCUT2D eigenvalue weighted by Gasteiger charge is -2.09. The molecule has 5 nitrogen and oxygen atoms in total. The van der Waals surface area contributed by atoms with Crippen molar-refractivity contribution in [2.75, 3.05) is 10.6 Å². The van der Waals surface area contributed by atoms with Crippen LogP contribution in [0.1, 0.15) is 28.1 Å². The number of nitrogens with one attached hydrogen (secondary N) is 2. The zero-order chi connectivity index (χ0) is 18.7. The molecule has 2 amide bonds. The Balaban J connectivity index is 1.73. The summed E-state index contributed by atoms with van der Waals surface area (Å²) in [6, 6.07) is 15.8. The van der Waals surface area contributed by atoms with Crippen molar-refractivity contribution in [3.05, 3.63) is 76.6 Å². The molecular weight excluding hydrogens is 324 g/mol. The molecule has 0 aliphatic carbocycles. The van der Waals surface area contributed by atoms with Crippen molar-refractivity contribution in [2.24, 2.45) is 0 Å². The molecule has 2 N–H and O–H groups in total. The number of benzene rings is 2. The van der Waals surface area contributed by atoms with E-state index < -0.39 is 0 Å². The molecule has 0 bridgehead atoms. The van der Waals surface area contributed by atoms with Crippen LogP contribution in [0.25, 0.3) is 0 Å².